The summed E-state index contributed by atoms with van der Waals surface area (Å²) in [5, 5.41) is 0. The summed E-state index contributed by atoms with van der Waals surface area (Å²) >= 11 is 0. The first-order valence-corrected chi connectivity index (χ1v) is 5.16. The minimum absolute atomic E-state index is 0.0206. The molecule has 1 unspecified atom stereocenters. The van der Waals surface area contributed by atoms with Crippen LogP contribution in [0.4, 0.5) is 0 Å². The zero-order chi connectivity index (χ0) is 11.7. The lowest BCUT2D eigenvalue weighted by molar-refractivity contribution is 0.0855. The van der Waals surface area contributed by atoms with E-state index in [0.29, 0.717) is 12.6 Å². The molecule has 0 amide bonds. The summed E-state index contributed by atoms with van der Waals surface area (Å²) in [5.41, 5.74) is 1.02. The summed E-state index contributed by atoms with van der Waals surface area (Å²) in [6, 6.07) is 0.398. The lowest BCUT2D eigenvalue weighted by Gasteiger charge is -2.11. The number of ether oxygens (including phenoxy) is 2. The van der Waals surface area contributed by atoms with E-state index in [1.54, 1.807) is 19.5 Å². The lowest BCUT2D eigenvalue weighted by atomic mass is 10.4. The normalized spacial score (nSPS) is 11.3. The van der Waals surface area contributed by atoms with Gasteiger partial charge in [0, 0.05) is 19.5 Å². The van der Waals surface area contributed by atoms with Crippen LogP contribution in [0.3, 0.4) is 0 Å². The highest BCUT2D eigenvalue weighted by atomic mass is 16.5. The van der Waals surface area contributed by atoms with E-state index in [0.717, 1.165) is 5.56 Å². The molecule has 15 heavy (non-hydrogen) atoms. The average molecular weight is 212 g/mol. The van der Waals surface area contributed by atoms with Crippen molar-refractivity contribution in [1.29, 1.82) is 0 Å². The van der Waals surface area contributed by atoms with Gasteiger partial charge in [0.2, 0.25) is 0 Å². The van der Waals surface area contributed by atoms with Crippen LogP contribution in [0.25, 0.3) is 0 Å². The Balaban J connectivity index is 0.000000921. The quantitative estimate of drug-likeness (QED) is 0.767. The summed E-state index contributed by atoms with van der Waals surface area (Å²) in [5.74, 6) is 0. The van der Waals surface area contributed by atoms with E-state index >= 15 is 0 Å². The van der Waals surface area contributed by atoms with Crippen molar-refractivity contribution in [3.63, 3.8) is 0 Å². The van der Waals surface area contributed by atoms with Crippen LogP contribution in [0, 0.1) is 6.92 Å². The molecule has 1 rings (SSSR count). The van der Waals surface area contributed by atoms with Crippen molar-refractivity contribution in [1.82, 2.24) is 9.97 Å². The van der Waals surface area contributed by atoms with Crippen molar-refractivity contribution >= 4 is 0 Å². The van der Waals surface area contributed by atoms with E-state index in [9.17, 15) is 0 Å². The molecule has 0 spiro atoms. The van der Waals surface area contributed by atoms with E-state index in [1.165, 1.54) is 0 Å². The van der Waals surface area contributed by atoms with E-state index in [4.69, 9.17) is 9.47 Å². The maximum Gasteiger partial charge on any atom is 0.316 e. The van der Waals surface area contributed by atoms with Gasteiger partial charge in [-0.1, -0.05) is 13.8 Å². The maximum atomic E-state index is 5.36. The van der Waals surface area contributed by atoms with Crippen molar-refractivity contribution < 1.29 is 9.47 Å². The van der Waals surface area contributed by atoms with Crippen LogP contribution >= 0.6 is 0 Å². The van der Waals surface area contributed by atoms with Gasteiger partial charge in [0.25, 0.3) is 0 Å². The molecule has 1 aromatic rings. The van der Waals surface area contributed by atoms with Crippen LogP contribution in [-0.4, -0.2) is 29.8 Å². The van der Waals surface area contributed by atoms with Gasteiger partial charge in [0.15, 0.2) is 0 Å². The molecular weight excluding hydrogens is 192 g/mol. The molecule has 0 bridgehead atoms. The molecule has 1 aromatic heterocycles. The number of rotatable bonds is 4. The van der Waals surface area contributed by atoms with Gasteiger partial charge in [0.05, 0.1) is 6.61 Å². The second kappa shape index (κ2) is 8.17. The van der Waals surface area contributed by atoms with E-state index in [-0.39, 0.29) is 6.10 Å². The maximum absolute atomic E-state index is 5.36. The zero-order valence-electron chi connectivity index (χ0n) is 10.2. The number of hydrogen-bond acceptors (Lipinski definition) is 4. The predicted octanol–water partition coefficient (Wildman–Crippen LogP) is 2.22. The Bertz CT molecular complexity index is 249. The van der Waals surface area contributed by atoms with Crippen molar-refractivity contribution in [2.24, 2.45) is 0 Å². The average Bonchev–Trinajstić information content (AvgIpc) is 2.25. The number of methoxy groups -OCH3 is 1. The first-order chi connectivity index (χ1) is 7.22. The van der Waals surface area contributed by atoms with Gasteiger partial charge in [-0.2, -0.15) is 0 Å². The fraction of sp³-hybridized carbons (Fsp3) is 0.636. The molecule has 0 radical (unpaired) electrons. The molecule has 0 aliphatic carbocycles. The van der Waals surface area contributed by atoms with E-state index < -0.39 is 0 Å². The van der Waals surface area contributed by atoms with Crippen molar-refractivity contribution in [2.75, 3.05) is 13.7 Å². The second-order valence-corrected chi connectivity index (χ2v) is 2.93. The van der Waals surface area contributed by atoms with Gasteiger partial charge in [-0.3, -0.25) is 0 Å². The molecule has 1 heterocycles. The Morgan fingerprint density at radius 1 is 1.27 bits per heavy atom. The summed E-state index contributed by atoms with van der Waals surface area (Å²) in [4.78, 5) is 8.02. The van der Waals surface area contributed by atoms with Crippen LogP contribution in [0.15, 0.2) is 12.4 Å². The van der Waals surface area contributed by atoms with E-state index in [1.807, 2.05) is 27.7 Å². The number of nitrogens with zero attached hydrogens (tertiary/aromatic N) is 2. The van der Waals surface area contributed by atoms with Crippen LogP contribution < -0.4 is 4.74 Å². The summed E-state index contributed by atoms with van der Waals surface area (Å²) in [6.45, 7) is 8.38. The van der Waals surface area contributed by atoms with Crippen LogP contribution in [-0.2, 0) is 4.74 Å². The smallest absolute Gasteiger partial charge is 0.316 e. The molecule has 4 nitrogen and oxygen atoms in total. The minimum atomic E-state index is -0.0206. The topological polar surface area (TPSA) is 44.2 Å². The largest absolute Gasteiger partial charge is 0.458 e. The lowest BCUT2D eigenvalue weighted by Crippen LogP contribution is -2.19. The molecule has 0 fully saturated rings. The van der Waals surface area contributed by atoms with Gasteiger partial charge in [0.1, 0.15) is 6.10 Å². The number of aromatic nitrogens is 2. The van der Waals surface area contributed by atoms with Crippen LogP contribution in [0.1, 0.15) is 26.3 Å². The van der Waals surface area contributed by atoms with Gasteiger partial charge < -0.3 is 9.47 Å². The first-order valence-electron chi connectivity index (χ1n) is 5.16. The molecule has 1 atom stereocenters. The van der Waals surface area contributed by atoms with Crippen molar-refractivity contribution in [3.05, 3.63) is 18.0 Å². The Morgan fingerprint density at radius 3 is 2.27 bits per heavy atom. The Labute approximate surface area is 91.7 Å². The Morgan fingerprint density at radius 2 is 1.80 bits per heavy atom. The zero-order valence-corrected chi connectivity index (χ0v) is 10.2. The predicted molar refractivity (Wildman–Crippen MR) is 60.1 cm³/mol. The van der Waals surface area contributed by atoms with Gasteiger partial charge in [-0.05, 0) is 19.4 Å². The molecule has 0 aliphatic heterocycles. The molecule has 4 heteroatoms. The van der Waals surface area contributed by atoms with Gasteiger partial charge in [-0.15, -0.1) is 0 Å². The van der Waals surface area contributed by atoms with Crippen LogP contribution in [0.5, 0.6) is 6.01 Å². The third-order valence-electron chi connectivity index (χ3n) is 1.47. The first kappa shape index (κ1) is 13.8. The van der Waals surface area contributed by atoms with Crippen LogP contribution in [0.2, 0.25) is 0 Å². The molecule has 86 valence electrons. The van der Waals surface area contributed by atoms with E-state index in [2.05, 4.69) is 9.97 Å². The Hall–Kier alpha value is -1.16. The van der Waals surface area contributed by atoms with Crippen molar-refractivity contribution in [2.45, 2.75) is 33.8 Å². The molecule has 0 aliphatic rings. The fourth-order valence-electron chi connectivity index (χ4n) is 0.890. The summed E-state index contributed by atoms with van der Waals surface area (Å²) in [7, 11) is 1.63. The molecule has 0 N–H and O–H groups in total. The van der Waals surface area contributed by atoms with Gasteiger partial charge in [-0.25, -0.2) is 9.97 Å². The highest BCUT2D eigenvalue weighted by Crippen LogP contribution is 2.03. The standard InChI is InChI=1S/C9H14N2O2.C2H6/c1-7-4-10-9(11-5-7)13-8(2)6-12-3;1-2/h4-5,8H,6H2,1-3H3;1-2H3. The Kier molecular flexibility index (Phi) is 7.54. The third kappa shape index (κ3) is 6.01. The highest BCUT2D eigenvalue weighted by Gasteiger charge is 2.04. The van der Waals surface area contributed by atoms with Crippen molar-refractivity contribution in [3.8, 4) is 6.01 Å². The third-order valence-corrected chi connectivity index (χ3v) is 1.47. The monoisotopic (exact) mass is 212 g/mol. The number of aryl methyl sites for hydroxylation is 1. The minimum Gasteiger partial charge on any atom is -0.458 e. The fourth-order valence-corrected chi connectivity index (χ4v) is 0.890. The SMILES string of the molecule is CC.COCC(C)Oc1ncc(C)cn1. The summed E-state index contributed by atoms with van der Waals surface area (Å²) in [6.07, 6.45) is 3.43. The summed E-state index contributed by atoms with van der Waals surface area (Å²) < 4.78 is 10.3. The highest BCUT2D eigenvalue weighted by molar-refractivity contribution is 5.04. The molecule has 0 saturated heterocycles. The molecular formula is C11H20N2O2. The molecule has 0 aromatic carbocycles. The molecule has 0 saturated carbocycles. The number of hydrogen-bond donors (Lipinski definition) is 0. The second-order valence-electron chi connectivity index (χ2n) is 2.93. The van der Waals surface area contributed by atoms with Gasteiger partial charge >= 0.3 is 6.01 Å².